The number of rotatable bonds is 8. The van der Waals surface area contributed by atoms with Crippen molar-refractivity contribution in [2.75, 3.05) is 6.54 Å². The van der Waals surface area contributed by atoms with Crippen molar-refractivity contribution in [3.63, 3.8) is 0 Å². The summed E-state index contributed by atoms with van der Waals surface area (Å²) in [7, 11) is -3.83. The molecule has 1 aromatic rings. The molecule has 0 heterocycles. The lowest BCUT2D eigenvalue weighted by molar-refractivity contribution is -0.141. The predicted molar refractivity (Wildman–Crippen MR) is 77.7 cm³/mol. The van der Waals surface area contributed by atoms with Gasteiger partial charge in [0, 0.05) is 12.1 Å². The van der Waals surface area contributed by atoms with E-state index in [-0.39, 0.29) is 17.2 Å². The van der Waals surface area contributed by atoms with Crippen LogP contribution in [0.5, 0.6) is 0 Å². The van der Waals surface area contributed by atoms with Crippen LogP contribution in [0.2, 0.25) is 0 Å². The number of sulfonamides is 1. The van der Waals surface area contributed by atoms with E-state index in [0.717, 1.165) is 0 Å². The summed E-state index contributed by atoms with van der Waals surface area (Å²) in [6.07, 6.45) is 1.05. The summed E-state index contributed by atoms with van der Waals surface area (Å²) in [6.45, 7) is 3.01. The van der Waals surface area contributed by atoms with E-state index in [1.165, 1.54) is 31.2 Å². The lowest BCUT2D eigenvalue weighted by Gasteiger charge is -2.13. The molecule has 1 atom stereocenters. The smallest absolute Gasteiger partial charge is 0.307 e. The van der Waals surface area contributed by atoms with Crippen molar-refractivity contribution in [3.05, 3.63) is 29.8 Å². The minimum Gasteiger partial charge on any atom is -0.481 e. The Morgan fingerprint density at radius 3 is 2.52 bits per heavy atom. The highest BCUT2D eigenvalue weighted by Gasteiger charge is 2.21. The second-order valence-corrected chi connectivity index (χ2v) is 6.53. The van der Waals surface area contributed by atoms with E-state index in [1.807, 2.05) is 6.92 Å². The van der Waals surface area contributed by atoms with Crippen molar-refractivity contribution >= 4 is 21.8 Å². The zero-order chi connectivity index (χ0) is 16.0. The number of carbonyl (C=O) groups excluding carboxylic acids is 1. The third-order valence-electron chi connectivity index (χ3n) is 3.06. The van der Waals surface area contributed by atoms with Gasteiger partial charge in [-0.1, -0.05) is 25.5 Å². The maximum Gasteiger partial charge on any atom is 0.307 e. The van der Waals surface area contributed by atoms with E-state index in [9.17, 15) is 18.0 Å². The zero-order valence-corrected chi connectivity index (χ0v) is 12.8. The Labute approximate surface area is 124 Å². The molecule has 0 spiro atoms. The maximum atomic E-state index is 12.1. The Kier molecular flexibility index (Phi) is 6.04. The van der Waals surface area contributed by atoms with Gasteiger partial charge in [0.2, 0.25) is 10.0 Å². The minimum absolute atomic E-state index is 0.0455. The summed E-state index contributed by atoms with van der Waals surface area (Å²) in [6, 6.07) is 5.65. The summed E-state index contributed by atoms with van der Waals surface area (Å²) in [5, 5.41) is 9.01. The molecule has 21 heavy (non-hydrogen) atoms. The summed E-state index contributed by atoms with van der Waals surface area (Å²) < 4.78 is 26.5. The van der Waals surface area contributed by atoms with Gasteiger partial charge in [0.25, 0.3) is 0 Å². The van der Waals surface area contributed by atoms with Gasteiger partial charge in [-0.15, -0.1) is 0 Å². The van der Waals surface area contributed by atoms with Crippen LogP contribution in [-0.2, 0) is 14.8 Å². The van der Waals surface area contributed by atoms with Crippen molar-refractivity contribution in [3.8, 4) is 0 Å². The molecule has 0 bridgehead atoms. The number of aliphatic carboxylic acids is 1. The Morgan fingerprint density at radius 2 is 2.00 bits per heavy atom. The van der Waals surface area contributed by atoms with Crippen molar-refractivity contribution in [2.45, 2.75) is 31.6 Å². The number of nitrogens with one attached hydrogen (secondary N) is 1. The summed E-state index contributed by atoms with van der Waals surface area (Å²) in [5.41, 5.74) is 0.293. The van der Waals surface area contributed by atoms with Crippen molar-refractivity contribution in [2.24, 2.45) is 5.92 Å². The highest BCUT2D eigenvalue weighted by molar-refractivity contribution is 7.89. The fraction of sp³-hybridized carbons (Fsp3) is 0.429. The average Bonchev–Trinajstić information content (AvgIpc) is 2.43. The SMILES string of the molecule is CCCC(CNS(=O)(=O)c1cccc(C(C)=O)c1)C(=O)O. The van der Waals surface area contributed by atoms with E-state index in [2.05, 4.69) is 4.72 Å². The van der Waals surface area contributed by atoms with E-state index in [0.29, 0.717) is 18.4 Å². The molecule has 1 unspecified atom stereocenters. The van der Waals surface area contributed by atoms with Crippen LogP contribution in [0.4, 0.5) is 0 Å². The second kappa shape index (κ2) is 7.33. The third-order valence-corrected chi connectivity index (χ3v) is 4.48. The van der Waals surface area contributed by atoms with Crippen LogP contribution < -0.4 is 4.72 Å². The number of hydrogen-bond donors (Lipinski definition) is 2. The number of carbonyl (C=O) groups is 2. The molecule has 1 aromatic carbocycles. The lowest BCUT2D eigenvalue weighted by Crippen LogP contribution is -2.33. The number of benzene rings is 1. The van der Waals surface area contributed by atoms with Gasteiger partial charge in [-0.05, 0) is 25.5 Å². The van der Waals surface area contributed by atoms with Gasteiger partial charge >= 0.3 is 5.97 Å². The largest absolute Gasteiger partial charge is 0.481 e. The van der Waals surface area contributed by atoms with Crippen LogP contribution in [0, 0.1) is 5.92 Å². The Balaban J connectivity index is 2.89. The quantitative estimate of drug-likeness (QED) is 0.711. The molecule has 2 N–H and O–H groups in total. The monoisotopic (exact) mass is 313 g/mol. The molecule has 0 aromatic heterocycles. The predicted octanol–water partition coefficient (Wildman–Crippen LogP) is 1.67. The van der Waals surface area contributed by atoms with Gasteiger partial charge in [-0.2, -0.15) is 0 Å². The first-order valence-electron chi connectivity index (χ1n) is 6.61. The fourth-order valence-corrected chi connectivity index (χ4v) is 2.96. The molecule has 0 aliphatic heterocycles. The second-order valence-electron chi connectivity index (χ2n) is 4.76. The van der Waals surface area contributed by atoms with Crippen LogP contribution in [0.25, 0.3) is 0 Å². The van der Waals surface area contributed by atoms with Crippen LogP contribution >= 0.6 is 0 Å². The topological polar surface area (TPSA) is 101 Å². The molecule has 0 amide bonds. The van der Waals surface area contributed by atoms with Crippen LogP contribution in [0.15, 0.2) is 29.2 Å². The van der Waals surface area contributed by atoms with Gasteiger partial charge in [-0.3, -0.25) is 9.59 Å². The van der Waals surface area contributed by atoms with E-state index in [1.54, 1.807) is 0 Å². The summed E-state index contributed by atoms with van der Waals surface area (Å²) in [5.74, 6) is -2.03. The number of ketones is 1. The van der Waals surface area contributed by atoms with Gasteiger partial charge < -0.3 is 5.11 Å². The minimum atomic E-state index is -3.83. The van der Waals surface area contributed by atoms with Crippen LogP contribution in [0.3, 0.4) is 0 Å². The van der Waals surface area contributed by atoms with Gasteiger partial charge in [0.05, 0.1) is 10.8 Å². The zero-order valence-electron chi connectivity index (χ0n) is 12.0. The third kappa shape index (κ3) is 4.95. The molecule has 0 aliphatic carbocycles. The molecule has 7 heteroatoms. The molecule has 1 rings (SSSR count). The molecule has 0 radical (unpaired) electrons. The Bertz CT molecular complexity index is 624. The molecule has 0 saturated heterocycles. The first-order chi connectivity index (χ1) is 9.77. The Morgan fingerprint density at radius 1 is 1.33 bits per heavy atom. The molecule has 116 valence electrons. The van der Waals surface area contributed by atoms with Crippen LogP contribution in [-0.4, -0.2) is 31.8 Å². The van der Waals surface area contributed by atoms with Crippen molar-refractivity contribution < 1.29 is 23.1 Å². The number of hydrogen-bond acceptors (Lipinski definition) is 4. The molecular formula is C14H19NO5S. The molecular weight excluding hydrogens is 294 g/mol. The Hall–Kier alpha value is -1.73. The number of carboxylic acid groups (broad SMARTS) is 1. The van der Waals surface area contributed by atoms with E-state index >= 15 is 0 Å². The van der Waals surface area contributed by atoms with Crippen molar-refractivity contribution in [1.82, 2.24) is 4.72 Å². The lowest BCUT2D eigenvalue weighted by atomic mass is 10.1. The highest BCUT2D eigenvalue weighted by Crippen LogP contribution is 2.13. The number of Topliss-reactive ketones (excluding diaryl/α,β-unsaturated/α-hetero) is 1. The highest BCUT2D eigenvalue weighted by atomic mass is 32.2. The van der Waals surface area contributed by atoms with E-state index in [4.69, 9.17) is 5.11 Å². The fourth-order valence-electron chi connectivity index (χ4n) is 1.84. The molecule has 6 nitrogen and oxygen atoms in total. The molecule has 0 saturated carbocycles. The summed E-state index contributed by atoms with van der Waals surface area (Å²) >= 11 is 0. The first kappa shape index (κ1) is 17.3. The van der Waals surface area contributed by atoms with Gasteiger partial charge in [0.15, 0.2) is 5.78 Å². The normalized spacial score (nSPS) is 12.9. The first-order valence-corrected chi connectivity index (χ1v) is 8.09. The average molecular weight is 313 g/mol. The summed E-state index contributed by atoms with van der Waals surface area (Å²) in [4.78, 5) is 22.2. The van der Waals surface area contributed by atoms with Crippen LogP contribution in [0.1, 0.15) is 37.0 Å². The molecule has 0 fully saturated rings. The standard InChI is InChI=1S/C14H19NO5S/c1-3-5-12(14(17)18)9-15-21(19,20)13-7-4-6-11(8-13)10(2)16/h4,6-8,12,15H,3,5,9H2,1-2H3,(H,17,18). The van der Waals surface area contributed by atoms with Gasteiger partial charge in [-0.25, -0.2) is 13.1 Å². The van der Waals surface area contributed by atoms with Gasteiger partial charge in [0.1, 0.15) is 0 Å². The maximum absolute atomic E-state index is 12.1. The van der Waals surface area contributed by atoms with E-state index < -0.39 is 21.9 Å². The number of carboxylic acids is 1. The van der Waals surface area contributed by atoms with Crippen molar-refractivity contribution in [1.29, 1.82) is 0 Å². The molecule has 0 aliphatic rings.